The first-order valence-corrected chi connectivity index (χ1v) is 10.6. The third-order valence-electron chi connectivity index (χ3n) is 5.43. The van der Waals surface area contributed by atoms with Crippen molar-refractivity contribution in [2.75, 3.05) is 6.61 Å². The molecular formula is C26H22F3NO3. The number of ether oxygens (including phenoxy) is 1. The van der Waals surface area contributed by atoms with Gasteiger partial charge in [-0.05, 0) is 48.4 Å². The normalized spacial score (nSPS) is 11.3. The van der Waals surface area contributed by atoms with E-state index in [1.165, 1.54) is 22.8 Å². The van der Waals surface area contributed by atoms with Gasteiger partial charge in [-0.1, -0.05) is 31.2 Å². The van der Waals surface area contributed by atoms with E-state index in [0.29, 0.717) is 24.1 Å². The maximum absolute atomic E-state index is 14.8. The average Bonchev–Trinajstić information content (AvgIpc) is 3.10. The van der Waals surface area contributed by atoms with E-state index in [4.69, 9.17) is 4.74 Å². The predicted molar refractivity (Wildman–Crippen MR) is 120 cm³/mol. The molecule has 0 aliphatic carbocycles. The molecule has 0 radical (unpaired) electrons. The zero-order chi connectivity index (χ0) is 23.5. The average molecular weight is 453 g/mol. The van der Waals surface area contributed by atoms with E-state index in [2.05, 4.69) is 0 Å². The maximum Gasteiger partial charge on any atom is 0.353 e. The van der Waals surface area contributed by atoms with E-state index >= 15 is 0 Å². The van der Waals surface area contributed by atoms with Crippen molar-refractivity contribution in [2.24, 2.45) is 0 Å². The first-order valence-electron chi connectivity index (χ1n) is 10.6. The van der Waals surface area contributed by atoms with Gasteiger partial charge in [0.25, 0.3) is 0 Å². The summed E-state index contributed by atoms with van der Waals surface area (Å²) in [5, 5.41) is 10.6. The van der Waals surface area contributed by atoms with Gasteiger partial charge in [0.15, 0.2) is 0 Å². The number of aromatic nitrogens is 1. The van der Waals surface area contributed by atoms with Gasteiger partial charge in [0.1, 0.15) is 23.1 Å². The predicted octanol–water partition coefficient (Wildman–Crippen LogP) is 6.40. The van der Waals surface area contributed by atoms with Crippen LogP contribution in [-0.4, -0.2) is 22.2 Å². The fraction of sp³-hybridized carbons (Fsp3) is 0.192. The number of hydrogen-bond donors (Lipinski definition) is 1. The Morgan fingerprint density at radius 3 is 2.52 bits per heavy atom. The van der Waals surface area contributed by atoms with Gasteiger partial charge in [-0.2, -0.15) is 0 Å². The number of aromatic carboxylic acids is 1. The van der Waals surface area contributed by atoms with Gasteiger partial charge in [-0.3, -0.25) is 0 Å². The number of nitrogens with zero attached hydrogens (tertiary/aromatic N) is 1. The quantitative estimate of drug-likeness (QED) is 0.314. The molecule has 33 heavy (non-hydrogen) atoms. The Balaban J connectivity index is 1.98. The van der Waals surface area contributed by atoms with Crippen LogP contribution in [0, 0.1) is 17.5 Å². The van der Waals surface area contributed by atoms with Crippen LogP contribution in [-0.2, 0) is 17.9 Å². The van der Waals surface area contributed by atoms with Crippen molar-refractivity contribution in [3.8, 4) is 11.1 Å². The second-order valence-corrected chi connectivity index (χ2v) is 7.73. The molecule has 0 bridgehead atoms. The summed E-state index contributed by atoms with van der Waals surface area (Å²) in [6.45, 7) is 2.64. The fourth-order valence-electron chi connectivity index (χ4n) is 3.98. The van der Waals surface area contributed by atoms with Crippen molar-refractivity contribution in [1.82, 2.24) is 4.57 Å². The molecule has 1 aromatic heterocycles. The van der Waals surface area contributed by atoms with Gasteiger partial charge >= 0.3 is 5.97 Å². The van der Waals surface area contributed by atoms with E-state index in [1.807, 2.05) is 6.92 Å². The molecule has 170 valence electrons. The molecule has 4 aromatic rings. The maximum atomic E-state index is 14.8. The Morgan fingerprint density at radius 2 is 1.79 bits per heavy atom. The minimum atomic E-state index is -1.30. The molecule has 0 spiro atoms. The molecule has 0 saturated heterocycles. The van der Waals surface area contributed by atoms with Crippen molar-refractivity contribution in [3.05, 3.63) is 94.9 Å². The molecule has 0 aliphatic heterocycles. The van der Waals surface area contributed by atoms with Crippen LogP contribution in [0.4, 0.5) is 13.2 Å². The molecule has 0 aliphatic rings. The standard InChI is InChI=1S/C26H22F3NO3/c1-2-11-33-15-16-7-10-23-20(12-16)24(19-5-3-4-6-22(19)29)25(26(31)32)30(23)14-17-13-18(27)8-9-21(17)28/h3-10,12-13H,2,11,14-15H2,1H3,(H,31,32). The molecule has 0 atom stereocenters. The van der Waals surface area contributed by atoms with Crippen LogP contribution in [0.15, 0.2) is 60.7 Å². The van der Waals surface area contributed by atoms with Gasteiger partial charge in [-0.15, -0.1) is 0 Å². The molecule has 0 saturated carbocycles. The summed E-state index contributed by atoms with van der Waals surface area (Å²) in [6.07, 6.45) is 0.849. The number of carboxylic acids is 1. The number of hydrogen-bond acceptors (Lipinski definition) is 2. The van der Waals surface area contributed by atoms with Gasteiger partial charge in [0, 0.05) is 34.2 Å². The van der Waals surface area contributed by atoms with E-state index in [-0.39, 0.29) is 28.9 Å². The number of halogens is 3. The summed E-state index contributed by atoms with van der Waals surface area (Å²) in [4.78, 5) is 12.4. The van der Waals surface area contributed by atoms with Gasteiger partial charge in [0.2, 0.25) is 0 Å². The van der Waals surface area contributed by atoms with Gasteiger partial charge < -0.3 is 14.4 Å². The Hall–Kier alpha value is -3.58. The third kappa shape index (κ3) is 4.50. The zero-order valence-corrected chi connectivity index (χ0v) is 17.9. The molecule has 0 fully saturated rings. The molecular weight excluding hydrogens is 431 g/mol. The van der Waals surface area contributed by atoms with Crippen molar-refractivity contribution in [3.63, 3.8) is 0 Å². The lowest BCUT2D eigenvalue weighted by Crippen LogP contribution is -2.12. The summed E-state index contributed by atoms with van der Waals surface area (Å²) < 4.78 is 50.0. The summed E-state index contributed by atoms with van der Waals surface area (Å²) in [6, 6.07) is 14.2. The number of benzene rings is 3. The van der Waals surface area contributed by atoms with Crippen molar-refractivity contribution < 1.29 is 27.8 Å². The Bertz CT molecular complexity index is 1330. The minimum absolute atomic E-state index is 0.00941. The highest BCUT2D eigenvalue weighted by molar-refractivity contribution is 6.08. The highest BCUT2D eigenvalue weighted by Gasteiger charge is 2.26. The van der Waals surface area contributed by atoms with Crippen LogP contribution < -0.4 is 0 Å². The minimum Gasteiger partial charge on any atom is -0.477 e. The van der Waals surface area contributed by atoms with Gasteiger partial charge in [0.05, 0.1) is 13.2 Å². The first-order chi connectivity index (χ1) is 15.9. The smallest absolute Gasteiger partial charge is 0.353 e. The second kappa shape index (κ2) is 9.50. The number of carbonyl (C=O) groups is 1. The zero-order valence-electron chi connectivity index (χ0n) is 17.9. The lowest BCUT2D eigenvalue weighted by atomic mass is 10.00. The lowest BCUT2D eigenvalue weighted by molar-refractivity contribution is 0.0687. The highest BCUT2D eigenvalue weighted by atomic mass is 19.1. The molecule has 0 amide bonds. The van der Waals surface area contributed by atoms with Crippen LogP contribution >= 0.6 is 0 Å². The topological polar surface area (TPSA) is 51.5 Å². The van der Waals surface area contributed by atoms with Crippen LogP contribution in [0.1, 0.15) is 35.0 Å². The molecule has 0 unspecified atom stereocenters. The summed E-state index contributed by atoms with van der Waals surface area (Å²) in [7, 11) is 0. The largest absolute Gasteiger partial charge is 0.477 e. The third-order valence-corrected chi connectivity index (χ3v) is 5.43. The Kier molecular flexibility index (Phi) is 6.51. The van der Waals surface area contributed by atoms with E-state index in [1.54, 1.807) is 24.3 Å². The van der Waals surface area contributed by atoms with Crippen LogP contribution in [0.25, 0.3) is 22.0 Å². The summed E-state index contributed by atoms with van der Waals surface area (Å²) in [5.41, 5.74) is 1.35. The molecule has 1 N–H and O–H groups in total. The highest BCUT2D eigenvalue weighted by Crippen LogP contribution is 2.38. The van der Waals surface area contributed by atoms with E-state index < -0.39 is 23.4 Å². The fourth-order valence-corrected chi connectivity index (χ4v) is 3.98. The van der Waals surface area contributed by atoms with Crippen molar-refractivity contribution >= 4 is 16.9 Å². The van der Waals surface area contributed by atoms with Crippen LogP contribution in [0.2, 0.25) is 0 Å². The Labute approximate surface area is 188 Å². The molecule has 7 heteroatoms. The number of carboxylic acid groups (broad SMARTS) is 1. The van der Waals surface area contributed by atoms with Crippen LogP contribution in [0.5, 0.6) is 0 Å². The SMILES string of the molecule is CCCOCc1ccc2c(c1)c(-c1ccccc1F)c(C(=O)O)n2Cc1cc(F)ccc1F. The Morgan fingerprint density at radius 1 is 1.00 bits per heavy atom. The van der Waals surface area contributed by atoms with E-state index in [9.17, 15) is 23.1 Å². The monoisotopic (exact) mass is 453 g/mol. The number of fused-ring (bicyclic) bond motifs is 1. The number of rotatable bonds is 8. The van der Waals surface area contributed by atoms with Crippen molar-refractivity contribution in [1.29, 1.82) is 0 Å². The van der Waals surface area contributed by atoms with E-state index in [0.717, 1.165) is 30.2 Å². The van der Waals surface area contributed by atoms with Crippen molar-refractivity contribution in [2.45, 2.75) is 26.5 Å². The lowest BCUT2D eigenvalue weighted by Gasteiger charge is -2.11. The second-order valence-electron chi connectivity index (χ2n) is 7.73. The molecule has 4 nitrogen and oxygen atoms in total. The molecule has 1 heterocycles. The molecule has 3 aromatic carbocycles. The first kappa shape index (κ1) is 22.6. The summed E-state index contributed by atoms with van der Waals surface area (Å²) >= 11 is 0. The summed E-state index contributed by atoms with van der Waals surface area (Å²) in [5.74, 6) is -3.18. The molecule has 4 rings (SSSR count). The van der Waals surface area contributed by atoms with Crippen LogP contribution in [0.3, 0.4) is 0 Å². The van der Waals surface area contributed by atoms with Gasteiger partial charge in [-0.25, -0.2) is 18.0 Å².